The Morgan fingerprint density at radius 3 is 2.40 bits per heavy atom. The molecular formula is C44H62N2O4. The monoisotopic (exact) mass is 682 g/mol. The van der Waals surface area contributed by atoms with Gasteiger partial charge in [-0.05, 0) is 147 Å². The van der Waals surface area contributed by atoms with Crippen LogP contribution in [0.25, 0.3) is 0 Å². The van der Waals surface area contributed by atoms with Gasteiger partial charge in [-0.2, -0.15) is 4.89 Å². The van der Waals surface area contributed by atoms with Gasteiger partial charge < -0.3 is 21.1 Å². The third kappa shape index (κ3) is 6.98. The predicted octanol–water partition coefficient (Wildman–Crippen LogP) is 10.8. The van der Waals surface area contributed by atoms with Gasteiger partial charge in [-0.3, -0.25) is 0 Å². The number of esters is 1. The molecule has 0 spiro atoms. The van der Waals surface area contributed by atoms with E-state index < -0.39 is 5.41 Å². The molecule has 0 amide bonds. The summed E-state index contributed by atoms with van der Waals surface area (Å²) in [6, 6.07) is 14.9. The molecule has 2 aromatic carbocycles. The predicted molar refractivity (Wildman–Crippen MR) is 203 cm³/mol. The van der Waals surface area contributed by atoms with Crippen LogP contribution in [0.5, 0.6) is 0 Å². The number of ether oxygens (including phenoxy) is 1. The highest BCUT2D eigenvalue weighted by Gasteiger charge is 2.63. The largest absolute Gasteiger partial charge is 0.458 e. The fraction of sp³-hybridized carbons (Fsp3) is 0.614. The number of hydrogen-bond acceptors (Lipinski definition) is 6. The summed E-state index contributed by atoms with van der Waals surface area (Å²) in [6.45, 7) is 16.9. The lowest BCUT2D eigenvalue weighted by atomic mass is 9.43. The van der Waals surface area contributed by atoms with Gasteiger partial charge in [-0.25, -0.2) is 4.79 Å². The maximum atomic E-state index is 13.5. The molecular weight excluding hydrogens is 620 g/mol. The van der Waals surface area contributed by atoms with Crippen LogP contribution in [0.1, 0.15) is 129 Å². The summed E-state index contributed by atoms with van der Waals surface area (Å²) in [6.07, 6.45) is 13.7. The Bertz CT molecular complexity index is 1610. The van der Waals surface area contributed by atoms with Crippen LogP contribution >= 0.6 is 0 Å². The second kappa shape index (κ2) is 14.4. The molecule has 6 heteroatoms. The Kier molecular flexibility index (Phi) is 10.5. The first kappa shape index (κ1) is 36.5. The van der Waals surface area contributed by atoms with Gasteiger partial charge in [0.1, 0.15) is 18.5 Å². The summed E-state index contributed by atoms with van der Waals surface area (Å²) in [4.78, 5) is 26.1. The number of carbonyl (C=O) groups excluding carboxylic acids is 1. The van der Waals surface area contributed by atoms with Crippen LogP contribution in [-0.4, -0.2) is 12.1 Å². The summed E-state index contributed by atoms with van der Waals surface area (Å²) >= 11 is 0. The molecule has 2 aromatic rings. The van der Waals surface area contributed by atoms with Gasteiger partial charge in [0.25, 0.3) is 0 Å². The summed E-state index contributed by atoms with van der Waals surface area (Å²) in [5.41, 5.74) is 17.4. The molecule has 6 rings (SSSR count). The van der Waals surface area contributed by atoms with Crippen LogP contribution in [0.3, 0.4) is 0 Å². The van der Waals surface area contributed by atoms with Crippen molar-refractivity contribution in [2.75, 3.05) is 11.5 Å². The van der Waals surface area contributed by atoms with E-state index in [9.17, 15) is 4.79 Å². The number of nitrogens with two attached hydrogens (primary N) is 2. The quantitative estimate of drug-likeness (QED) is 0.0611. The van der Waals surface area contributed by atoms with Crippen molar-refractivity contribution in [2.45, 2.75) is 125 Å². The Balaban J connectivity index is 1.29. The van der Waals surface area contributed by atoms with Gasteiger partial charge >= 0.3 is 5.97 Å². The summed E-state index contributed by atoms with van der Waals surface area (Å²) in [5.74, 6) is 3.90. The van der Waals surface area contributed by atoms with E-state index in [4.69, 9.17) is 26.0 Å². The van der Waals surface area contributed by atoms with Gasteiger partial charge in [0.2, 0.25) is 0 Å². The van der Waals surface area contributed by atoms with E-state index in [0.29, 0.717) is 46.7 Å². The van der Waals surface area contributed by atoms with E-state index in [1.165, 1.54) is 56.1 Å². The minimum atomic E-state index is -0.442. The lowest BCUT2D eigenvalue weighted by Gasteiger charge is -2.61. The third-order valence-corrected chi connectivity index (χ3v) is 13.8. The van der Waals surface area contributed by atoms with Crippen LogP contribution in [0.15, 0.2) is 71.5 Å². The number of unbranched alkanes of at least 4 members (excludes halogenated alkanes) is 1. The SMILES string of the molecule is CC(C)=CCCCC(C)C1CCC2C3CC(OOCc4cccc(N)c4)=C4C(C)(C)C(OC(=O)c5cccc(N)c5)CCC4(C)C3CCC12C. The molecule has 50 heavy (non-hydrogen) atoms. The van der Waals surface area contributed by atoms with Crippen molar-refractivity contribution in [3.05, 3.63) is 82.6 Å². The van der Waals surface area contributed by atoms with E-state index in [1.807, 2.05) is 24.3 Å². The molecule has 0 radical (unpaired) electrons. The number of nitrogen functional groups attached to an aromatic ring is 2. The average molecular weight is 683 g/mol. The van der Waals surface area contributed by atoms with Crippen molar-refractivity contribution in [1.82, 2.24) is 0 Å². The highest BCUT2D eigenvalue weighted by molar-refractivity contribution is 5.90. The van der Waals surface area contributed by atoms with Gasteiger partial charge in [-0.1, -0.05) is 70.9 Å². The molecule has 4 aliphatic rings. The molecule has 4 N–H and O–H groups in total. The minimum Gasteiger partial charge on any atom is -0.458 e. The number of anilines is 2. The molecule has 3 fully saturated rings. The van der Waals surface area contributed by atoms with Crippen LogP contribution < -0.4 is 11.5 Å². The zero-order valence-corrected chi connectivity index (χ0v) is 31.7. The van der Waals surface area contributed by atoms with E-state index in [-0.39, 0.29) is 17.5 Å². The fourth-order valence-corrected chi connectivity index (χ4v) is 11.5. The molecule has 8 atom stereocenters. The zero-order valence-electron chi connectivity index (χ0n) is 31.7. The molecule has 0 saturated heterocycles. The van der Waals surface area contributed by atoms with E-state index in [1.54, 1.807) is 24.3 Å². The molecule has 8 unspecified atom stereocenters. The first-order valence-electron chi connectivity index (χ1n) is 19.3. The summed E-state index contributed by atoms with van der Waals surface area (Å²) in [5, 5.41) is 0. The normalized spacial score (nSPS) is 31.9. The first-order valence-corrected chi connectivity index (χ1v) is 19.3. The zero-order chi connectivity index (χ0) is 35.8. The van der Waals surface area contributed by atoms with Crippen LogP contribution in [0.2, 0.25) is 0 Å². The van der Waals surface area contributed by atoms with Crippen molar-refractivity contribution < 1.29 is 19.3 Å². The molecule has 0 heterocycles. The lowest BCUT2D eigenvalue weighted by Crippen LogP contribution is -2.56. The van der Waals surface area contributed by atoms with Crippen LogP contribution in [0, 0.1) is 45.8 Å². The Labute approximate surface area is 301 Å². The number of hydrogen-bond donors (Lipinski definition) is 2. The van der Waals surface area contributed by atoms with Gasteiger partial charge in [0, 0.05) is 23.2 Å². The van der Waals surface area contributed by atoms with Crippen molar-refractivity contribution in [2.24, 2.45) is 45.8 Å². The van der Waals surface area contributed by atoms with Gasteiger partial charge in [0.05, 0.1) is 5.56 Å². The van der Waals surface area contributed by atoms with Crippen molar-refractivity contribution in [1.29, 1.82) is 0 Å². The second-order valence-corrected chi connectivity index (χ2v) is 17.6. The van der Waals surface area contributed by atoms with Crippen molar-refractivity contribution in [3.8, 4) is 0 Å². The molecule has 0 aliphatic heterocycles. The number of fused-ring (bicyclic) bond motifs is 5. The Hall–Kier alpha value is -3.25. The highest BCUT2D eigenvalue weighted by Crippen LogP contribution is 2.70. The van der Waals surface area contributed by atoms with Crippen molar-refractivity contribution in [3.63, 3.8) is 0 Å². The van der Waals surface area contributed by atoms with Crippen molar-refractivity contribution >= 4 is 17.3 Å². The Morgan fingerprint density at radius 1 is 0.940 bits per heavy atom. The summed E-state index contributed by atoms with van der Waals surface area (Å²) in [7, 11) is 0. The second-order valence-electron chi connectivity index (χ2n) is 17.6. The molecule has 3 saturated carbocycles. The fourth-order valence-electron chi connectivity index (χ4n) is 11.5. The Morgan fingerprint density at radius 2 is 1.68 bits per heavy atom. The van der Waals surface area contributed by atoms with E-state index >= 15 is 0 Å². The molecule has 4 aliphatic carbocycles. The number of benzene rings is 2. The smallest absolute Gasteiger partial charge is 0.338 e. The van der Waals surface area contributed by atoms with Crippen LogP contribution in [-0.2, 0) is 21.1 Å². The standard InChI is InChI=1S/C44H62N2O4/c1-28(2)12-8-9-13-29(3)35-18-19-36-34-26-38(50-48-27-30-14-10-16-32(45)24-30)40-42(4,5)39(49-41(47)31-15-11-17-33(46)25-31)21-23-44(40,7)37(34)20-22-43(35,36)6/h10-12,14-17,24-25,29,34-37,39H,8-9,13,18-23,26-27,45-46H2,1-7H3. The molecule has 0 aromatic heterocycles. The van der Waals surface area contributed by atoms with Gasteiger partial charge in [-0.15, -0.1) is 0 Å². The molecule has 272 valence electrons. The average Bonchev–Trinajstić information content (AvgIpc) is 3.41. The number of allylic oxidation sites excluding steroid dienone is 3. The number of carbonyl (C=O) groups is 1. The molecule has 0 bridgehead atoms. The first-order chi connectivity index (χ1) is 23.7. The highest BCUT2D eigenvalue weighted by atomic mass is 17.2. The van der Waals surface area contributed by atoms with E-state index in [2.05, 4.69) is 54.5 Å². The third-order valence-electron chi connectivity index (χ3n) is 13.8. The number of rotatable bonds is 11. The lowest BCUT2D eigenvalue weighted by molar-refractivity contribution is -0.282. The maximum absolute atomic E-state index is 13.5. The maximum Gasteiger partial charge on any atom is 0.338 e. The minimum absolute atomic E-state index is 0.0717. The summed E-state index contributed by atoms with van der Waals surface area (Å²) < 4.78 is 6.35. The topological polar surface area (TPSA) is 96.8 Å². The van der Waals surface area contributed by atoms with E-state index in [0.717, 1.165) is 42.4 Å². The van der Waals surface area contributed by atoms with Gasteiger partial charge in [0.15, 0.2) is 0 Å². The molecule has 6 nitrogen and oxygen atoms in total. The van der Waals surface area contributed by atoms with Crippen LogP contribution in [0.4, 0.5) is 11.4 Å².